The average Bonchev–Trinajstić information content (AvgIpc) is 2.46. The predicted molar refractivity (Wildman–Crippen MR) is 77.9 cm³/mol. The lowest BCUT2D eigenvalue weighted by Crippen LogP contribution is -2.23. The molecule has 1 aliphatic carbocycles. The molecule has 0 radical (unpaired) electrons. The fraction of sp³-hybridized carbons (Fsp3) is 0.375. The molecule has 0 saturated heterocycles. The Morgan fingerprint density at radius 2 is 2.10 bits per heavy atom. The van der Waals surface area contributed by atoms with Gasteiger partial charge in [-0.25, -0.2) is 9.97 Å². The molecule has 0 bridgehead atoms. The number of aryl methyl sites for hydroxylation is 3. The van der Waals surface area contributed by atoms with Crippen LogP contribution in [0.4, 0.5) is 0 Å². The Bertz CT molecular complexity index is 713. The second kappa shape index (κ2) is 5.24. The molecular weight excluding hydrogens is 266 g/mol. The Hall–Kier alpha value is -2.30. The number of carbonyl (C=O) groups is 1. The molecular formula is C16H17N3O2. The number of hydrogen-bond donors (Lipinski definition) is 1. The van der Waals surface area contributed by atoms with E-state index in [9.17, 15) is 4.79 Å². The van der Waals surface area contributed by atoms with Gasteiger partial charge in [0.05, 0.1) is 5.92 Å². The minimum atomic E-state index is -0.735. The highest BCUT2D eigenvalue weighted by atomic mass is 16.4. The molecule has 5 nitrogen and oxygen atoms in total. The van der Waals surface area contributed by atoms with Gasteiger partial charge in [-0.3, -0.25) is 9.78 Å². The Labute approximate surface area is 123 Å². The lowest BCUT2D eigenvalue weighted by Gasteiger charge is -2.20. The molecule has 0 saturated carbocycles. The van der Waals surface area contributed by atoms with Crippen molar-refractivity contribution in [2.45, 2.75) is 33.1 Å². The zero-order chi connectivity index (χ0) is 15.0. The van der Waals surface area contributed by atoms with Gasteiger partial charge in [-0.1, -0.05) is 6.07 Å². The van der Waals surface area contributed by atoms with Crippen molar-refractivity contribution in [3.05, 3.63) is 40.8 Å². The molecule has 1 aliphatic rings. The molecule has 1 atom stereocenters. The fourth-order valence-corrected chi connectivity index (χ4v) is 2.78. The number of hydrogen-bond acceptors (Lipinski definition) is 4. The lowest BCUT2D eigenvalue weighted by atomic mass is 9.87. The van der Waals surface area contributed by atoms with E-state index in [2.05, 4.69) is 21.0 Å². The largest absolute Gasteiger partial charge is 0.481 e. The molecule has 2 aromatic heterocycles. The van der Waals surface area contributed by atoms with E-state index in [4.69, 9.17) is 5.11 Å². The summed E-state index contributed by atoms with van der Waals surface area (Å²) in [6, 6.07) is 2.06. The third-order valence-corrected chi connectivity index (χ3v) is 3.93. The summed E-state index contributed by atoms with van der Waals surface area (Å²) < 4.78 is 0. The van der Waals surface area contributed by atoms with Crippen LogP contribution in [0.5, 0.6) is 0 Å². The highest BCUT2D eigenvalue weighted by Gasteiger charge is 2.25. The quantitative estimate of drug-likeness (QED) is 0.915. The molecule has 108 valence electrons. The molecule has 0 amide bonds. The molecule has 1 unspecified atom stereocenters. The zero-order valence-corrected chi connectivity index (χ0v) is 12.1. The van der Waals surface area contributed by atoms with E-state index in [-0.39, 0.29) is 5.92 Å². The highest BCUT2D eigenvalue weighted by Crippen LogP contribution is 2.26. The Kier molecular flexibility index (Phi) is 3.41. The van der Waals surface area contributed by atoms with Gasteiger partial charge in [-0.2, -0.15) is 0 Å². The Morgan fingerprint density at radius 1 is 1.29 bits per heavy atom. The first-order valence-corrected chi connectivity index (χ1v) is 7.06. The maximum atomic E-state index is 11.1. The maximum absolute atomic E-state index is 11.1. The first-order valence-electron chi connectivity index (χ1n) is 7.06. The molecule has 0 aliphatic heterocycles. The fourth-order valence-electron chi connectivity index (χ4n) is 2.78. The van der Waals surface area contributed by atoms with E-state index in [0.29, 0.717) is 25.1 Å². The van der Waals surface area contributed by atoms with Crippen LogP contribution in [0, 0.1) is 19.8 Å². The van der Waals surface area contributed by atoms with Gasteiger partial charge < -0.3 is 5.11 Å². The van der Waals surface area contributed by atoms with E-state index in [1.54, 1.807) is 6.20 Å². The van der Waals surface area contributed by atoms with Crippen LogP contribution in [-0.2, 0) is 17.6 Å². The standard InChI is InChI=1S/C16H17N3O2/c1-9-5-10(2)14(17-7-9)15-18-8-12-6-11(16(20)21)3-4-13(12)19-15/h5,7-8,11H,3-4,6H2,1-2H3,(H,20,21). The van der Waals surface area contributed by atoms with E-state index >= 15 is 0 Å². The minimum Gasteiger partial charge on any atom is -0.481 e. The Morgan fingerprint density at radius 3 is 2.81 bits per heavy atom. The molecule has 1 N–H and O–H groups in total. The van der Waals surface area contributed by atoms with Crippen LogP contribution in [-0.4, -0.2) is 26.0 Å². The van der Waals surface area contributed by atoms with Gasteiger partial charge in [0.25, 0.3) is 0 Å². The van der Waals surface area contributed by atoms with Crippen molar-refractivity contribution < 1.29 is 9.90 Å². The topological polar surface area (TPSA) is 76.0 Å². The van der Waals surface area contributed by atoms with Crippen molar-refractivity contribution in [1.29, 1.82) is 0 Å². The predicted octanol–water partition coefficient (Wildman–Crippen LogP) is 2.34. The van der Waals surface area contributed by atoms with Crippen molar-refractivity contribution in [3.8, 4) is 11.5 Å². The zero-order valence-electron chi connectivity index (χ0n) is 12.1. The van der Waals surface area contributed by atoms with Gasteiger partial charge >= 0.3 is 5.97 Å². The lowest BCUT2D eigenvalue weighted by molar-refractivity contribution is -0.142. The number of fused-ring (bicyclic) bond motifs is 1. The summed E-state index contributed by atoms with van der Waals surface area (Å²) in [4.78, 5) is 24.5. The third-order valence-electron chi connectivity index (χ3n) is 3.93. The second-order valence-corrected chi connectivity index (χ2v) is 5.62. The maximum Gasteiger partial charge on any atom is 0.306 e. The molecule has 0 fully saturated rings. The Balaban J connectivity index is 1.95. The van der Waals surface area contributed by atoms with Gasteiger partial charge in [0.1, 0.15) is 5.69 Å². The minimum absolute atomic E-state index is 0.314. The normalized spacial score (nSPS) is 17.3. The molecule has 2 heterocycles. The van der Waals surface area contributed by atoms with Crippen LogP contribution in [0.15, 0.2) is 18.5 Å². The second-order valence-electron chi connectivity index (χ2n) is 5.62. The number of carboxylic acids is 1. The molecule has 0 aromatic carbocycles. The number of nitrogens with zero attached hydrogens (tertiary/aromatic N) is 3. The number of rotatable bonds is 2. The van der Waals surface area contributed by atoms with Crippen molar-refractivity contribution in [2.75, 3.05) is 0 Å². The summed E-state index contributed by atoms with van der Waals surface area (Å²) >= 11 is 0. The van der Waals surface area contributed by atoms with Crippen molar-refractivity contribution >= 4 is 5.97 Å². The SMILES string of the molecule is Cc1cnc(-c2ncc3c(n2)CCC(C(=O)O)C3)c(C)c1. The molecule has 5 heteroatoms. The van der Waals surface area contributed by atoms with Crippen LogP contribution < -0.4 is 0 Å². The third kappa shape index (κ3) is 2.63. The summed E-state index contributed by atoms with van der Waals surface area (Å²) in [6.45, 7) is 4.00. The highest BCUT2D eigenvalue weighted by molar-refractivity contribution is 5.71. The summed E-state index contributed by atoms with van der Waals surface area (Å²) in [6.07, 6.45) is 5.41. The van der Waals surface area contributed by atoms with E-state index < -0.39 is 5.97 Å². The van der Waals surface area contributed by atoms with Gasteiger partial charge in [0, 0.05) is 18.1 Å². The van der Waals surface area contributed by atoms with Crippen LogP contribution in [0.3, 0.4) is 0 Å². The number of aliphatic carboxylic acids is 1. The molecule has 2 aromatic rings. The van der Waals surface area contributed by atoms with Gasteiger partial charge in [0.2, 0.25) is 0 Å². The van der Waals surface area contributed by atoms with Gasteiger partial charge in [0.15, 0.2) is 5.82 Å². The van der Waals surface area contributed by atoms with Crippen LogP contribution in [0.2, 0.25) is 0 Å². The number of aromatic nitrogens is 3. The number of pyridine rings is 1. The smallest absolute Gasteiger partial charge is 0.306 e. The van der Waals surface area contributed by atoms with E-state index in [1.165, 1.54) is 0 Å². The first-order chi connectivity index (χ1) is 10.0. The van der Waals surface area contributed by atoms with Crippen molar-refractivity contribution in [2.24, 2.45) is 5.92 Å². The average molecular weight is 283 g/mol. The van der Waals surface area contributed by atoms with Crippen LogP contribution in [0.1, 0.15) is 28.8 Å². The van der Waals surface area contributed by atoms with Crippen LogP contribution in [0.25, 0.3) is 11.5 Å². The van der Waals surface area contributed by atoms with Crippen LogP contribution >= 0.6 is 0 Å². The monoisotopic (exact) mass is 283 g/mol. The summed E-state index contributed by atoms with van der Waals surface area (Å²) in [5.41, 5.74) is 4.86. The summed E-state index contributed by atoms with van der Waals surface area (Å²) in [5, 5.41) is 9.11. The molecule has 3 rings (SSSR count). The summed E-state index contributed by atoms with van der Waals surface area (Å²) in [5.74, 6) is -0.424. The van der Waals surface area contributed by atoms with Crippen molar-refractivity contribution in [1.82, 2.24) is 15.0 Å². The molecule has 21 heavy (non-hydrogen) atoms. The van der Waals surface area contributed by atoms with Crippen molar-refractivity contribution in [3.63, 3.8) is 0 Å². The first kappa shape index (κ1) is 13.7. The van der Waals surface area contributed by atoms with E-state index in [1.807, 2.05) is 20.0 Å². The van der Waals surface area contributed by atoms with E-state index in [0.717, 1.165) is 28.1 Å². The molecule has 0 spiro atoms. The van der Waals surface area contributed by atoms with Gasteiger partial charge in [-0.15, -0.1) is 0 Å². The summed E-state index contributed by atoms with van der Waals surface area (Å²) in [7, 11) is 0. The number of carboxylic acid groups (broad SMARTS) is 1. The van der Waals surface area contributed by atoms with Gasteiger partial charge in [-0.05, 0) is 49.8 Å².